The minimum Gasteiger partial charge on any atom is -0.345 e. The molecule has 0 saturated heterocycles. The third-order valence-corrected chi connectivity index (χ3v) is 5.96. The van der Waals surface area contributed by atoms with Crippen molar-refractivity contribution in [3.8, 4) is 0 Å². The SMILES string of the molecule is O=C(NC1CCCc2sccc21)c1cc(Br)ccc1I. The Kier molecular flexibility index (Phi) is 4.47. The number of amides is 1. The van der Waals surface area contributed by atoms with Crippen LogP contribution in [0.3, 0.4) is 0 Å². The molecule has 0 radical (unpaired) electrons. The van der Waals surface area contributed by atoms with Crippen LogP contribution in [0.15, 0.2) is 34.1 Å². The molecule has 1 heterocycles. The molecule has 0 aliphatic heterocycles. The molecule has 3 rings (SSSR count). The summed E-state index contributed by atoms with van der Waals surface area (Å²) >= 11 is 7.43. The van der Waals surface area contributed by atoms with Crippen molar-refractivity contribution in [1.29, 1.82) is 0 Å². The number of benzene rings is 1. The van der Waals surface area contributed by atoms with Crippen LogP contribution in [0.1, 0.15) is 39.7 Å². The molecule has 0 saturated carbocycles. The number of thiophene rings is 1. The van der Waals surface area contributed by atoms with Gasteiger partial charge in [-0.3, -0.25) is 4.79 Å². The molecular weight excluding hydrogens is 449 g/mol. The minimum atomic E-state index is 0.0137. The molecule has 0 spiro atoms. The number of nitrogens with one attached hydrogen (secondary N) is 1. The van der Waals surface area contributed by atoms with E-state index in [-0.39, 0.29) is 11.9 Å². The van der Waals surface area contributed by atoms with E-state index in [1.165, 1.54) is 10.4 Å². The maximum Gasteiger partial charge on any atom is 0.252 e. The zero-order chi connectivity index (χ0) is 14.1. The van der Waals surface area contributed by atoms with Crippen LogP contribution >= 0.6 is 49.9 Å². The molecule has 0 fully saturated rings. The molecule has 1 amide bonds. The summed E-state index contributed by atoms with van der Waals surface area (Å²) in [4.78, 5) is 13.9. The van der Waals surface area contributed by atoms with Crippen LogP contribution in [0.25, 0.3) is 0 Å². The number of hydrogen-bond acceptors (Lipinski definition) is 2. The summed E-state index contributed by atoms with van der Waals surface area (Å²) in [5.74, 6) is 0.0137. The zero-order valence-corrected chi connectivity index (χ0v) is 15.2. The highest BCUT2D eigenvalue weighted by Crippen LogP contribution is 2.33. The lowest BCUT2D eigenvalue weighted by molar-refractivity contribution is 0.0932. The van der Waals surface area contributed by atoms with Gasteiger partial charge in [0.25, 0.3) is 5.91 Å². The van der Waals surface area contributed by atoms with Gasteiger partial charge in [-0.15, -0.1) is 11.3 Å². The monoisotopic (exact) mass is 461 g/mol. The Labute approximate surface area is 144 Å². The molecule has 2 nitrogen and oxygen atoms in total. The summed E-state index contributed by atoms with van der Waals surface area (Å²) in [7, 11) is 0. The summed E-state index contributed by atoms with van der Waals surface area (Å²) in [6, 6.07) is 8.10. The van der Waals surface area contributed by atoms with Crippen molar-refractivity contribution in [3.63, 3.8) is 0 Å². The third-order valence-electron chi connectivity index (χ3n) is 3.53. The standard InChI is InChI=1S/C15H13BrINOS/c16-9-4-5-12(17)11(8-9)15(19)18-13-2-1-3-14-10(13)6-7-20-14/h4-8,13H,1-3H2,(H,18,19). The second kappa shape index (κ2) is 6.15. The molecule has 1 aliphatic carbocycles. The fourth-order valence-electron chi connectivity index (χ4n) is 2.54. The molecule has 5 heteroatoms. The Hall–Kier alpha value is -0.400. The third kappa shape index (κ3) is 2.94. The van der Waals surface area contributed by atoms with Crippen LogP contribution in [0.5, 0.6) is 0 Å². The Morgan fingerprint density at radius 3 is 3.10 bits per heavy atom. The van der Waals surface area contributed by atoms with Crippen molar-refractivity contribution in [3.05, 3.63) is 53.7 Å². The van der Waals surface area contributed by atoms with Crippen molar-refractivity contribution < 1.29 is 4.79 Å². The van der Waals surface area contributed by atoms with E-state index in [2.05, 4.69) is 55.3 Å². The van der Waals surface area contributed by atoms with Crippen molar-refractivity contribution in [2.75, 3.05) is 0 Å². The molecule has 1 aromatic carbocycles. The van der Waals surface area contributed by atoms with Crippen molar-refractivity contribution in [2.45, 2.75) is 25.3 Å². The first-order valence-corrected chi connectivity index (χ1v) is 9.22. The molecule has 1 N–H and O–H groups in total. The van der Waals surface area contributed by atoms with Gasteiger partial charge in [-0.05, 0) is 77.1 Å². The van der Waals surface area contributed by atoms with Crippen molar-refractivity contribution in [1.82, 2.24) is 5.32 Å². The number of rotatable bonds is 2. The van der Waals surface area contributed by atoms with Gasteiger partial charge in [0.05, 0.1) is 11.6 Å². The fourth-order valence-corrected chi connectivity index (χ4v) is 4.47. The van der Waals surface area contributed by atoms with Gasteiger partial charge in [-0.2, -0.15) is 0 Å². The quantitative estimate of drug-likeness (QED) is 0.631. The van der Waals surface area contributed by atoms with Gasteiger partial charge in [0.15, 0.2) is 0 Å². The molecule has 1 atom stereocenters. The fraction of sp³-hybridized carbons (Fsp3) is 0.267. The van der Waals surface area contributed by atoms with Gasteiger partial charge >= 0.3 is 0 Å². The summed E-state index contributed by atoms with van der Waals surface area (Å²) in [5, 5.41) is 5.31. The number of hydrogen-bond donors (Lipinski definition) is 1. The molecule has 1 aliphatic rings. The smallest absolute Gasteiger partial charge is 0.252 e. The first-order chi connectivity index (χ1) is 9.65. The van der Waals surface area contributed by atoms with Crippen LogP contribution in [0.2, 0.25) is 0 Å². The highest BCUT2D eigenvalue weighted by atomic mass is 127. The first kappa shape index (κ1) is 14.5. The summed E-state index contributed by atoms with van der Waals surface area (Å²) in [5.41, 5.74) is 2.04. The van der Waals surface area contributed by atoms with Gasteiger partial charge in [0.2, 0.25) is 0 Å². The van der Waals surface area contributed by atoms with Crippen LogP contribution in [-0.4, -0.2) is 5.91 Å². The Bertz CT molecular complexity index is 655. The molecule has 2 aromatic rings. The van der Waals surface area contributed by atoms with E-state index in [1.54, 1.807) is 11.3 Å². The molecule has 1 unspecified atom stereocenters. The van der Waals surface area contributed by atoms with E-state index in [4.69, 9.17) is 0 Å². The number of carbonyl (C=O) groups excluding carboxylic acids is 1. The largest absolute Gasteiger partial charge is 0.345 e. The normalized spacial score (nSPS) is 17.6. The van der Waals surface area contributed by atoms with E-state index in [0.717, 1.165) is 32.9 Å². The predicted molar refractivity (Wildman–Crippen MR) is 94.3 cm³/mol. The number of fused-ring (bicyclic) bond motifs is 1. The van der Waals surface area contributed by atoms with E-state index < -0.39 is 0 Å². The van der Waals surface area contributed by atoms with Gasteiger partial charge in [0.1, 0.15) is 0 Å². The Morgan fingerprint density at radius 1 is 1.40 bits per heavy atom. The molecule has 0 bridgehead atoms. The highest BCUT2D eigenvalue weighted by Gasteiger charge is 2.23. The van der Waals surface area contributed by atoms with Gasteiger partial charge in [-0.25, -0.2) is 0 Å². The lowest BCUT2D eigenvalue weighted by Gasteiger charge is -2.24. The van der Waals surface area contributed by atoms with Gasteiger partial charge < -0.3 is 5.32 Å². The second-order valence-electron chi connectivity index (χ2n) is 4.84. The predicted octanol–water partition coefficient (Wildman–Crippen LogP) is 4.92. The van der Waals surface area contributed by atoms with E-state index >= 15 is 0 Å². The number of carbonyl (C=O) groups is 1. The Morgan fingerprint density at radius 2 is 2.25 bits per heavy atom. The maximum atomic E-state index is 12.5. The zero-order valence-electron chi connectivity index (χ0n) is 10.7. The average Bonchev–Trinajstić information content (AvgIpc) is 2.91. The Balaban J connectivity index is 1.82. The lowest BCUT2D eigenvalue weighted by atomic mass is 9.94. The summed E-state index contributed by atoms with van der Waals surface area (Å²) in [6.07, 6.45) is 3.32. The molecule has 20 heavy (non-hydrogen) atoms. The number of aryl methyl sites for hydroxylation is 1. The van der Waals surface area contributed by atoms with Crippen molar-refractivity contribution >= 4 is 55.8 Å². The van der Waals surface area contributed by atoms with Crippen LogP contribution in [-0.2, 0) is 6.42 Å². The summed E-state index contributed by atoms with van der Waals surface area (Å²) < 4.78 is 1.91. The van der Waals surface area contributed by atoms with Crippen LogP contribution in [0, 0.1) is 3.57 Å². The average molecular weight is 462 g/mol. The molecule has 1 aromatic heterocycles. The van der Waals surface area contributed by atoms with Gasteiger partial charge in [0, 0.05) is 12.9 Å². The second-order valence-corrected chi connectivity index (χ2v) is 7.92. The summed E-state index contributed by atoms with van der Waals surface area (Å²) in [6.45, 7) is 0. The lowest BCUT2D eigenvalue weighted by Crippen LogP contribution is -2.30. The van der Waals surface area contributed by atoms with Crippen LogP contribution < -0.4 is 5.32 Å². The molecule has 104 valence electrons. The minimum absolute atomic E-state index is 0.0137. The topological polar surface area (TPSA) is 29.1 Å². The number of halogens is 2. The molecular formula is C15H13BrINOS. The maximum absolute atomic E-state index is 12.5. The van der Waals surface area contributed by atoms with E-state index in [9.17, 15) is 4.79 Å². The highest BCUT2D eigenvalue weighted by molar-refractivity contribution is 14.1. The van der Waals surface area contributed by atoms with E-state index in [0.29, 0.717) is 0 Å². The first-order valence-electron chi connectivity index (χ1n) is 6.47. The van der Waals surface area contributed by atoms with Crippen LogP contribution in [0.4, 0.5) is 0 Å². The van der Waals surface area contributed by atoms with E-state index in [1.807, 2.05) is 18.2 Å². The van der Waals surface area contributed by atoms with Crippen molar-refractivity contribution in [2.24, 2.45) is 0 Å². The van der Waals surface area contributed by atoms with Gasteiger partial charge in [-0.1, -0.05) is 15.9 Å².